The fourth-order valence-corrected chi connectivity index (χ4v) is 1.80. The minimum Gasteiger partial charge on any atom is -0.423 e. The van der Waals surface area contributed by atoms with E-state index in [0.717, 1.165) is 24.1 Å². The van der Waals surface area contributed by atoms with Crippen LogP contribution in [0.3, 0.4) is 0 Å². The minimum atomic E-state index is -1.38. The number of nitrogens with zero attached hydrogens (tertiary/aromatic N) is 1. The van der Waals surface area contributed by atoms with Crippen LogP contribution in [0.4, 0.5) is 0 Å². The molecule has 2 N–H and O–H groups in total. The number of hydrogen-bond donors (Lipinski definition) is 2. The lowest BCUT2D eigenvalue weighted by Gasteiger charge is -2.16. The van der Waals surface area contributed by atoms with Gasteiger partial charge in [-0.05, 0) is 56.5 Å². The van der Waals surface area contributed by atoms with E-state index in [1.54, 1.807) is 6.07 Å². The zero-order valence-electron chi connectivity index (χ0n) is 10.5. The van der Waals surface area contributed by atoms with Gasteiger partial charge in [-0.2, -0.15) is 0 Å². The molecule has 3 nitrogen and oxygen atoms in total. The molecule has 88 valence electrons. The second kappa shape index (κ2) is 5.48. The first kappa shape index (κ1) is 13.2. The zero-order chi connectivity index (χ0) is 12.3. The van der Waals surface area contributed by atoms with Gasteiger partial charge in [0, 0.05) is 6.54 Å². The van der Waals surface area contributed by atoms with Gasteiger partial charge < -0.3 is 14.9 Å². The normalized spacial score (nSPS) is 10.9. The van der Waals surface area contributed by atoms with Crippen LogP contribution in [0.1, 0.15) is 16.7 Å². The van der Waals surface area contributed by atoms with Crippen LogP contribution in [0.15, 0.2) is 12.1 Å². The molecule has 0 radical (unpaired) electrons. The van der Waals surface area contributed by atoms with Crippen LogP contribution in [0.25, 0.3) is 0 Å². The molecule has 0 unspecified atom stereocenters. The van der Waals surface area contributed by atoms with Crippen molar-refractivity contribution in [3.05, 3.63) is 28.8 Å². The van der Waals surface area contributed by atoms with E-state index < -0.39 is 7.12 Å². The zero-order valence-corrected chi connectivity index (χ0v) is 10.5. The molecule has 0 saturated heterocycles. The largest absolute Gasteiger partial charge is 0.488 e. The van der Waals surface area contributed by atoms with Crippen LogP contribution in [0.2, 0.25) is 0 Å². The molecule has 1 rings (SSSR count). The van der Waals surface area contributed by atoms with E-state index in [-0.39, 0.29) is 0 Å². The van der Waals surface area contributed by atoms with Crippen LogP contribution in [0.5, 0.6) is 0 Å². The molecule has 0 aliphatic heterocycles. The van der Waals surface area contributed by atoms with E-state index in [2.05, 4.69) is 4.90 Å². The van der Waals surface area contributed by atoms with Crippen molar-refractivity contribution in [1.82, 2.24) is 4.90 Å². The molecule has 1 aromatic carbocycles. The standard InChI is InChI=1S/C12H20BNO2/c1-9-5-6-12(13(15)16)11(10(9)2)7-8-14(3)4/h5-6,15-16H,7-8H2,1-4H3. The molecule has 0 saturated carbocycles. The second-order valence-electron chi connectivity index (χ2n) is 4.50. The summed E-state index contributed by atoms with van der Waals surface area (Å²) >= 11 is 0. The lowest BCUT2D eigenvalue weighted by Crippen LogP contribution is -2.35. The van der Waals surface area contributed by atoms with E-state index in [1.807, 2.05) is 34.0 Å². The third-order valence-electron chi connectivity index (χ3n) is 2.99. The molecule has 0 bridgehead atoms. The Bertz CT molecular complexity index is 364. The lowest BCUT2D eigenvalue weighted by atomic mass is 9.74. The van der Waals surface area contributed by atoms with E-state index in [0.29, 0.717) is 5.46 Å². The molecule has 0 spiro atoms. The van der Waals surface area contributed by atoms with Gasteiger partial charge in [-0.3, -0.25) is 0 Å². The molecule has 0 fully saturated rings. The van der Waals surface area contributed by atoms with E-state index >= 15 is 0 Å². The van der Waals surface area contributed by atoms with Gasteiger partial charge in [0.05, 0.1) is 0 Å². The topological polar surface area (TPSA) is 43.7 Å². The summed E-state index contributed by atoms with van der Waals surface area (Å²) in [6.45, 7) is 4.98. The monoisotopic (exact) mass is 221 g/mol. The Morgan fingerprint density at radius 3 is 2.31 bits per heavy atom. The first-order chi connectivity index (χ1) is 7.43. The van der Waals surface area contributed by atoms with Crippen molar-refractivity contribution in [1.29, 1.82) is 0 Å². The third kappa shape index (κ3) is 3.08. The smallest absolute Gasteiger partial charge is 0.423 e. The third-order valence-corrected chi connectivity index (χ3v) is 2.99. The van der Waals surface area contributed by atoms with Gasteiger partial charge in [0.1, 0.15) is 0 Å². The lowest BCUT2D eigenvalue weighted by molar-refractivity contribution is 0.411. The van der Waals surface area contributed by atoms with Crippen LogP contribution < -0.4 is 5.46 Å². The SMILES string of the molecule is Cc1ccc(B(O)O)c(CCN(C)C)c1C. The highest BCUT2D eigenvalue weighted by molar-refractivity contribution is 6.59. The summed E-state index contributed by atoms with van der Waals surface area (Å²) in [6, 6.07) is 3.74. The summed E-state index contributed by atoms with van der Waals surface area (Å²) in [5.74, 6) is 0. The van der Waals surface area contributed by atoms with Crippen LogP contribution >= 0.6 is 0 Å². The van der Waals surface area contributed by atoms with Crippen molar-refractivity contribution in [3.63, 3.8) is 0 Å². The number of hydrogen-bond acceptors (Lipinski definition) is 3. The van der Waals surface area contributed by atoms with Crippen molar-refractivity contribution in [2.75, 3.05) is 20.6 Å². The summed E-state index contributed by atoms with van der Waals surface area (Å²) in [5, 5.41) is 18.7. The van der Waals surface area contributed by atoms with Gasteiger partial charge in [-0.1, -0.05) is 12.1 Å². The number of likely N-dealkylation sites (N-methyl/N-ethyl adjacent to an activating group) is 1. The Hall–Kier alpha value is -0.835. The van der Waals surface area contributed by atoms with Crippen LogP contribution in [-0.4, -0.2) is 42.7 Å². The Balaban J connectivity index is 3.06. The predicted molar refractivity (Wildman–Crippen MR) is 68.0 cm³/mol. The van der Waals surface area contributed by atoms with E-state index in [9.17, 15) is 10.0 Å². The molecule has 4 heteroatoms. The average molecular weight is 221 g/mol. The van der Waals surface area contributed by atoms with Gasteiger partial charge in [-0.25, -0.2) is 0 Å². The van der Waals surface area contributed by atoms with Crippen molar-refractivity contribution < 1.29 is 10.0 Å². The van der Waals surface area contributed by atoms with Crippen molar-refractivity contribution in [2.24, 2.45) is 0 Å². The van der Waals surface area contributed by atoms with Crippen molar-refractivity contribution in [2.45, 2.75) is 20.3 Å². The Kier molecular flexibility index (Phi) is 4.53. The maximum absolute atomic E-state index is 9.33. The first-order valence-electron chi connectivity index (χ1n) is 5.53. The summed E-state index contributed by atoms with van der Waals surface area (Å²) in [6.07, 6.45) is 0.841. The van der Waals surface area contributed by atoms with Gasteiger partial charge in [-0.15, -0.1) is 0 Å². The molecule has 0 aromatic heterocycles. The highest BCUT2D eigenvalue weighted by Gasteiger charge is 2.18. The molecular weight excluding hydrogens is 201 g/mol. The summed E-state index contributed by atoms with van der Waals surface area (Å²) in [5.41, 5.74) is 4.04. The second-order valence-corrected chi connectivity index (χ2v) is 4.50. The molecule has 0 heterocycles. The molecule has 0 aliphatic rings. The maximum atomic E-state index is 9.33. The minimum absolute atomic E-state index is 0.630. The molecule has 0 atom stereocenters. The number of aryl methyl sites for hydroxylation is 1. The molecular formula is C12H20BNO2. The summed E-state index contributed by atoms with van der Waals surface area (Å²) in [4.78, 5) is 2.09. The first-order valence-corrected chi connectivity index (χ1v) is 5.53. The maximum Gasteiger partial charge on any atom is 0.488 e. The Labute approximate surface area is 97.9 Å². The average Bonchev–Trinajstić information content (AvgIpc) is 2.19. The van der Waals surface area contributed by atoms with Gasteiger partial charge >= 0.3 is 7.12 Å². The van der Waals surface area contributed by atoms with Crippen LogP contribution in [0, 0.1) is 13.8 Å². The number of rotatable bonds is 4. The molecule has 0 aliphatic carbocycles. The van der Waals surface area contributed by atoms with Gasteiger partial charge in [0.25, 0.3) is 0 Å². The van der Waals surface area contributed by atoms with Crippen molar-refractivity contribution >= 4 is 12.6 Å². The van der Waals surface area contributed by atoms with Crippen molar-refractivity contribution in [3.8, 4) is 0 Å². The predicted octanol–water partition coefficient (Wildman–Crippen LogP) is 0.0873. The van der Waals surface area contributed by atoms with Gasteiger partial charge in [0.15, 0.2) is 0 Å². The summed E-state index contributed by atoms with van der Waals surface area (Å²) < 4.78 is 0. The fourth-order valence-electron chi connectivity index (χ4n) is 1.80. The molecule has 1 aromatic rings. The quantitative estimate of drug-likeness (QED) is 0.708. The Morgan fingerprint density at radius 1 is 1.19 bits per heavy atom. The number of benzene rings is 1. The highest BCUT2D eigenvalue weighted by Crippen LogP contribution is 2.12. The fraction of sp³-hybridized carbons (Fsp3) is 0.500. The van der Waals surface area contributed by atoms with Gasteiger partial charge in [0.2, 0.25) is 0 Å². The molecule has 0 amide bonds. The van der Waals surface area contributed by atoms with E-state index in [4.69, 9.17) is 0 Å². The molecule has 16 heavy (non-hydrogen) atoms. The van der Waals surface area contributed by atoms with E-state index in [1.165, 1.54) is 5.56 Å². The summed E-state index contributed by atoms with van der Waals surface area (Å²) in [7, 11) is 2.65. The Morgan fingerprint density at radius 2 is 1.81 bits per heavy atom. The van der Waals surface area contributed by atoms with Crippen LogP contribution in [-0.2, 0) is 6.42 Å². The highest BCUT2D eigenvalue weighted by atomic mass is 16.4.